The molecule has 0 radical (unpaired) electrons. The van der Waals surface area contributed by atoms with Crippen LogP contribution in [0.4, 0.5) is 16.3 Å². The Morgan fingerprint density at radius 2 is 1.92 bits per heavy atom. The lowest BCUT2D eigenvalue weighted by Crippen LogP contribution is -2.43. The summed E-state index contributed by atoms with van der Waals surface area (Å²) < 4.78 is 0. The molecule has 2 heterocycles. The number of nitrogens with zero attached hydrogens (tertiary/aromatic N) is 3. The molecule has 1 unspecified atom stereocenters. The highest BCUT2D eigenvalue weighted by Gasteiger charge is 2.35. The Hall–Kier alpha value is -2.11. The van der Waals surface area contributed by atoms with E-state index < -0.39 is 0 Å². The molecule has 6 nitrogen and oxygen atoms in total. The van der Waals surface area contributed by atoms with E-state index in [0.717, 1.165) is 19.4 Å². The molecule has 3 rings (SSSR count). The van der Waals surface area contributed by atoms with Gasteiger partial charge in [0.25, 0.3) is 0 Å². The molecular weight excluding hydrogens is 316 g/mol. The van der Waals surface area contributed by atoms with Crippen LogP contribution in [0.25, 0.3) is 0 Å². The molecule has 2 fully saturated rings. The number of carbonyl (C=O) groups is 2. The Labute approximate surface area is 149 Å². The van der Waals surface area contributed by atoms with Crippen LogP contribution in [0, 0.1) is 5.92 Å². The molecule has 136 valence electrons. The molecule has 3 amide bonds. The number of likely N-dealkylation sites (tertiary alicyclic amines) is 1. The number of nitrogens with one attached hydrogen (secondary N) is 1. The summed E-state index contributed by atoms with van der Waals surface area (Å²) in [4.78, 5) is 31.9. The van der Waals surface area contributed by atoms with Crippen molar-refractivity contribution in [3.8, 4) is 0 Å². The molecule has 25 heavy (non-hydrogen) atoms. The van der Waals surface area contributed by atoms with Gasteiger partial charge in [0.1, 0.15) is 5.82 Å². The zero-order chi connectivity index (χ0) is 17.8. The van der Waals surface area contributed by atoms with Crippen LogP contribution < -0.4 is 10.2 Å². The Bertz CT molecular complexity index is 610. The topological polar surface area (TPSA) is 65.5 Å². The normalized spacial score (nSPS) is 21.2. The van der Waals surface area contributed by atoms with Crippen molar-refractivity contribution in [2.45, 2.75) is 57.9 Å². The van der Waals surface area contributed by atoms with Crippen molar-refractivity contribution in [2.24, 2.45) is 5.92 Å². The second-order valence-electron chi connectivity index (χ2n) is 7.21. The fourth-order valence-corrected chi connectivity index (χ4v) is 4.07. The lowest BCUT2D eigenvalue weighted by molar-refractivity contribution is -0.116. The Morgan fingerprint density at radius 3 is 2.56 bits per heavy atom. The summed E-state index contributed by atoms with van der Waals surface area (Å²) in [5.41, 5.74) is 0.667. The Balaban J connectivity index is 1.62. The van der Waals surface area contributed by atoms with Crippen molar-refractivity contribution >= 4 is 23.4 Å². The van der Waals surface area contributed by atoms with Crippen LogP contribution in [0.5, 0.6) is 0 Å². The molecule has 2 aliphatic rings. The second kappa shape index (κ2) is 7.85. The van der Waals surface area contributed by atoms with Crippen molar-refractivity contribution in [3.63, 3.8) is 0 Å². The number of hydrogen-bond donors (Lipinski definition) is 1. The minimum Gasteiger partial charge on any atom is -0.321 e. The molecule has 1 aromatic rings. The first-order valence-electron chi connectivity index (χ1n) is 9.34. The number of urea groups is 1. The SMILES string of the molecule is CC(=O)N(C)c1ccc(NC(=O)N2CCCC2C2CCCCC2)cn1. The minimum atomic E-state index is -0.0725. The van der Waals surface area contributed by atoms with E-state index in [0.29, 0.717) is 23.5 Å². The first kappa shape index (κ1) is 17.7. The fourth-order valence-electron chi connectivity index (χ4n) is 4.07. The van der Waals surface area contributed by atoms with Crippen LogP contribution in [-0.4, -0.2) is 41.5 Å². The quantitative estimate of drug-likeness (QED) is 0.910. The van der Waals surface area contributed by atoms with Crippen LogP contribution in [0.3, 0.4) is 0 Å². The lowest BCUT2D eigenvalue weighted by Gasteiger charge is -2.34. The highest BCUT2D eigenvalue weighted by atomic mass is 16.2. The summed E-state index contributed by atoms with van der Waals surface area (Å²) >= 11 is 0. The number of pyridine rings is 1. The standard InChI is InChI=1S/C19H28N4O2/c1-14(24)22(2)18-11-10-16(13-20-18)21-19(25)23-12-6-9-17(23)15-7-4-3-5-8-15/h10-11,13,15,17H,3-9,12H2,1-2H3,(H,21,25). The Kier molecular flexibility index (Phi) is 5.56. The van der Waals surface area contributed by atoms with Gasteiger partial charge in [-0.05, 0) is 43.7 Å². The van der Waals surface area contributed by atoms with Crippen LogP contribution in [-0.2, 0) is 4.79 Å². The molecule has 0 aromatic carbocycles. The Morgan fingerprint density at radius 1 is 1.16 bits per heavy atom. The predicted molar refractivity (Wildman–Crippen MR) is 98.6 cm³/mol. The molecule has 0 bridgehead atoms. The van der Waals surface area contributed by atoms with Gasteiger partial charge in [-0.15, -0.1) is 0 Å². The van der Waals surface area contributed by atoms with E-state index in [2.05, 4.69) is 10.3 Å². The molecule has 1 aromatic heterocycles. The van der Waals surface area contributed by atoms with E-state index in [-0.39, 0.29) is 11.9 Å². The number of aromatic nitrogens is 1. The molecule has 1 saturated heterocycles. The molecule has 1 N–H and O–H groups in total. The van der Waals surface area contributed by atoms with E-state index in [1.807, 2.05) is 4.90 Å². The lowest BCUT2D eigenvalue weighted by atomic mass is 9.83. The summed E-state index contributed by atoms with van der Waals surface area (Å²) in [6, 6.07) is 3.91. The smallest absolute Gasteiger partial charge is 0.321 e. The molecule has 1 aliphatic carbocycles. The molecule has 0 spiro atoms. The van der Waals surface area contributed by atoms with Crippen LogP contribution in [0.2, 0.25) is 0 Å². The maximum absolute atomic E-state index is 12.7. The molecule has 1 atom stereocenters. The molecular formula is C19H28N4O2. The average molecular weight is 344 g/mol. The van der Waals surface area contributed by atoms with Crippen molar-refractivity contribution in [2.75, 3.05) is 23.8 Å². The first-order chi connectivity index (χ1) is 12.1. The summed E-state index contributed by atoms with van der Waals surface area (Å²) in [6.45, 7) is 2.34. The van der Waals surface area contributed by atoms with Gasteiger partial charge in [-0.3, -0.25) is 4.79 Å². The highest BCUT2D eigenvalue weighted by Crippen LogP contribution is 2.34. The summed E-state index contributed by atoms with van der Waals surface area (Å²) in [5, 5.41) is 2.97. The van der Waals surface area contributed by atoms with E-state index in [1.54, 1.807) is 25.4 Å². The van der Waals surface area contributed by atoms with E-state index >= 15 is 0 Å². The van der Waals surface area contributed by atoms with Crippen LogP contribution >= 0.6 is 0 Å². The van der Waals surface area contributed by atoms with E-state index in [1.165, 1.54) is 43.9 Å². The second-order valence-corrected chi connectivity index (χ2v) is 7.21. The van der Waals surface area contributed by atoms with Gasteiger partial charge in [0.15, 0.2) is 0 Å². The van der Waals surface area contributed by atoms with Crippen molar-refractivity contribution in [3.05, 3.63) is 18.3 Å². The average Bonchev–Trinajstić information content (AvgIpc) is 3.12. The highest BCUT2D eigenvalue weighted by molar-refractivity contribution is 5.91. The third-order valence-corrected chi connectivity index (χ3v) is 5.57. The third-order valence-electron chi connectivity index (χ3n) is 5.57. The van der Waals surface area contributed by atoms with Crippen molar-refractivity contribution in [1.29, 1.82) is 0 Å². The number of carbonyl (C=O) groups excluding carboxylic acids is 2. The molecule has 6 heteroatoms. The van der Waals surface area contributed by atoms with Gasteiger partial charge in [-0.25, -0.2) is 9.78 Å². The maximum atomic E-state index is 12.7. The molecule has 1 saturated carbocycles. The van der Waals surface area contributed by atoms with Gasteiger partial charge in [-0.2, -0.15) is 0 Å². The third kappa shape index (κ3) is 4.11. The monoisotopic (exact) mass is 344 g/mol. The van der Waals surface area contributed by atoms with Gasteiger partial charge in [-0.1, -0.05) is 19.3 Å². The van der Waals surface area contributed by atoms with Crippen LogP contribution in [0.15, 0.2) is 18.3 Å². The first-order valence-corrected chi connectivity index (χ1v) is 9.34. The minimum absolute atomic E-state index is 0.0254. The largest absolute Gasteiger partial charge is 0.322 e. The zero-order valence-corrected chi connectivity index (χ0v) is 15.2. The predicted octanol–water partition coefficient (Wildman–Crippen LogP) is 3.64. The van der Waals surface area contributed by atoms with Gasteiger partial charge in [0.2, 0.25) is 5.91 Å². The summed E-state index contributed by atoms with van der Waals surface area (Å²) in [6.07, 6.45) is 10.3. The van der Waals surface area contributed by atoms with Gasteiger partial charge in [0, 0.05) is 26.6 Å². The zero-order valence-electron chi connectivity index (χ0n) is 15.2. The van der Waals surface area contributed by atoms with Gasteiger partial charge < -0.3 is 15.1 Å². The number of hydrogen-bond acceptors (Lipinski definition) is 3. The van der Waals surface area contributed by atoms with Crippen molar-refractivity contribution < 1.29 is 9.59 Å². The van der Waals surface area contributed by atoms with Gasteiger partial charge in [0.05, 0.1) is 11.9 Å². The fraction of sp³-hybridized carbons (Fsp3) is 0.632. The number of amides is 3. The van der Waals surface area contributed by atoms with E-state index in [4.69, 9.17) is 0 Å². The van der Waals surface area contributed by atoms with Crippen LogP contribution in [0.1, 0.15) is 51.9 Å². The van der Waals surface area contributed by atoms with E-state index in [9.17, 15) is 9.59 Å². The maximum Gasteiger partial charge on any atom is 0.322 e. The number of anilines is 2. The van der Waals surface area contributed by atoms with Crippen molar-refractivity contribution in [1.82, 2.24) is 9.88 Å². The summed E-state index contributed by atoms with van der Waals surface area (Å²) in [7, 11) is 1.68. The van der Waals surface area contributed by atoms with Gasteiger partial charge >= 0.3 is 6.03 Å². The molecule has 1 aliphatic heterocycles. The summed E-state index contributed by atoms with van der Waals surface area (Å²) in [5.74, 6) is 1.16. The number of rotatable bonds is 3.